The Bertz CT molecular complexity index is 765. The molecule has 3 rings (SSSR count). The van der Waals surface area contributed by atoms with Crippen LogP contribution in [0.15, 0.2) is 48.5 Å². The van der Waals surface area contributed by atoms with Gasteiger partial charge in [-0.1, -0.05) is 48.5 Å². The first-order valence-corrected chi connectivity index (χ1v) is 8.52. The Morgan fingerprint density at radius 2 is 1.81 bits per heavy atom. The standard InChI is InChI=1S/C20H23N3O2.ClH/c1-14(24)23-19(16-5-3-2-4-6-16)10-20(25)22-11-15-7-8-17-12-21-13-18(17)9-15;/h2-9,19,21H,10-13H2,1H3,(H,22,25)(H,23,24);1H. The third-order valence-electron chi connectivity index (χ3n) is 4.36. The van der Waals surface area contributed by atoms with Crippen LogP contribution in [0.1, 0.15) is 41.6 Å². The second-order valence-electron chi connectivity index (χ2n) is 6.35. The Morgan fingerprint density at radius 1 is 1.08 bits per heavy atom. The quantitative estimate of drug-likeness (QED) is 0.729. The van der Waals surface area contributed by atoms with Crippen LogP contribution in [0.2, 0.25) is 0 Å². The maximum Gasteiger partial charge on any atom is 0.222 e. The van der Waals surface area contributed by atoms with E-state index in [4.69, 9.17) is 0 Å². The highest BCUT2D eigenvalue weighted by Crippen LogP contribution is 2.18. The van der Waals surface area contributed by atoms with Crippen LogP contribution in [0.4, 0.5) is 0 Å². The molecule has 0 aliphatic carbocycles. The minimum absolute atomic E-state index is 0. The van der Waals surface area contributed by atoms with Gasteiger partial charge in [-0.25, -0.2) is 0 Å². The Kier molecular flexibility index (Phi) is 7.18. The lowest BCUT2D eigenvalue weighted by molar-refractivity contribution is -0.122. The number of halogens is 1. The molecule has 5 nitrogen and oxygen atoms in total. The molecule has 1 atom stereocenters. The van der Waals surface area contributed by atoms with Crippen LogP contribution in [0.5, 0.6) is 0 Å². The fraction of sp³-hybridized carbons (Fsp3) is 0.300. The molecule has 0 aromatic heterocycles. The van der Waals surface area contributed by atoms with Crippen molar-refractivity contribution in [1.29, 1.82) is 0 Å². The van der Waals surface area contributed by atoms with E-state index in [2.05, 4.69) is 34.1 Å². The predicted octanol–water partition coefficient (Wildman–Crippen LogP) is 2.60. The Hall–Kier alpha value is -2.37. The molecule has 0 bridgehead atoms. The fourth-order valence-electron chi connectivity index (χ4n) is 3.10. The first kappa shape index (κ1) is 19.9. The monoisotopic (exact) mass is 373 g/mol. The summed E-state index contributed by atoms with van der Waals surface area (Å²) in [6.07, 6.45) is 0.218. The van der Waals surface area contributed by atoms with Gasteiger partial charge in [-0.05, 0) is 22.3 Å². The largest absolute Gasteiger partial charge is 0.352 e. The highest BCUT2D eigenvalue weighted by Gasteiger charge is 2.17. The van der Waals surface area contributed by atoms with E-state index in [0.717, 1.165) is 24.2 Å². The van der Waals surface area contributed by atoms with Crippen molar-refractivity contribution in [3.63, 3.8) is 0 Å². The maximum absolute atomic E-state index is 12.3. The zero-order valence-electron chi connectivity index (χ0n) is 14.7. The number of carbonyl (C=O) groups excluding carboxylic acids is 2. The zero-order valence-corrected chi connectivity index (χ0v) is 15.6. The van der Waals surface area contributed by atoms with E-state index < -0.39 is 0 Å². The number of hydrogen-bond acceptors (Lipinski definition) is 3. The minimum Gasteiger partial charge on any atom is -0.352 e. The van der Waals surface area contributed by atoms with Crippen molar-refractivity contribution in [2.75, 3.05) is 0 Å². The number of carbonyl (C=O) groups is 2. The number of amides is 2. The normalized spacial score (nSPS) is 13.3. The summed E-state index contributed by atoms with van der Waals surface area (Å²) in [5, 5.41) is 9.12. The molecule has 3 N–H and O–H groups in total. The van der Waals surface area contributed by atoms with Crippen LogP contribution in [-0.2, 0) is 29.2 Å². The zero-order chi connectivity index (χ0) is 17.6. The molecule has 0 radical (unpaired) electrons. The molecule has 6 heteroatoms. The van der Waals surface area contributed by atoms with Crippen molar-refractivity contribution in [2.24, 2.45) is 0 Å². The summed E-state index contributed by atoms with van der Waals surface area (Å²) in [6, 6.07) is 15.5. The summed E-state index contributed by atoms with van der Waals surface area (Å²) in [5.41, 5.74) is 4.64. The van der Waals surface area contributed by atoms with Crippen molar-refractivity contribution in [3.05, 3.63) is 70.8 Å². The van der Waals surface area contributed by atoms with Crippen molar-refractivity contribution < 1.29 is 9.59 Å². The van der Waals surface area contributed by atoms with Crippen molar-refractivity contribution in [2.45, 2.75) is 39.0 Å². The molecule has 2 amide bonds. The molecule has 2 aromatic carbocycles. The molecular weight excluding hydrogens is 350 g/mol. The van der Waals surface area contributed by atoms with Crippen LogP contribution in [0.3, 0.4) is 0 Å². The molecule has 0 saturated heterocycles. The molecule has 1 heterocycles. The predicted molar refractivity (Wildman–Crippen MR) is 104 cm³/mol. The Morgan fingerprint density at radius 3 is 2.54 bits per heavy atom. The molecule has 1 aliphatic rings. The number of nitrogens with one attached hydrogen (secondary N) is 3. The first-order valence-electron chi connectivity index (χ1n) is 8.52. The SMILES string of the molecule is CC(=O)NC(CC(=O)NCc1ccc2c(c1)CNC2)c1ccccc1.Cl. The van der Waals surface area contributed by atoms with Gasteiger partial charge in [0.15, 0.2) is 0 Å². The molecule has 0 spiro atoms. The fourth-order valence-corrected chi connectivity index (χ4v) is 3.10. The molecule has 1 aliphatic heterocycles. The average molecular weight is 374 g/mol. The summed E-state index contributed by atoms with van der Waals surface area (Å²) in [6.45, 7) is 3.76. The van der Waals surface area contributed by atoms with Gasteiger partial charge in [0.25, 0.3) is 0 Å². The molecular formula is C20H24ClN3O2. The summed E-state index contributed by atoms with van der Waals surface area (Å²) in [4.78, 5) is 23.8. The molecule has 26 heavy (non-hydrogen) atoms. The highest BCUT2D eigenvalue weighted by atomic mass is 35.5. The van der Waals surface area contributed by atoms with E-state index in [0.29, 0.717) is 6.54 Å². The second kappa shape index (κ2) is 9.36. The summed E-state index contributed by atoms with van der Waals surface area (Å²) >= 11 is 0. The number of benzene rings is 2. The summed E-state index contributed by atoms with van der Waals surface area (Å²) in [7, 11) is 0. The van der Waals surface area contributed by atoms with E-state index in [1.54, 1.807) is 0 Å². The van der Waals surface area contributed by atoms with E-state index in [-0.39, 0.29) is 36.7 Å². The number of fused-ring (bicyclic) bond motifs is 1. The summed E-state index contributed by atoms with van der Waals surface area (Å²) in [5.74, 6) is -0.228. The highest BCUT2D eigenvalue weighted by molar-refractivity contribution is 5.85. The van der Waals surface area contributed by atoms with E-state index in [9.17, 15) is 9.59 Å². The van der Waals surface area contributed by atoms with Crippen LogP contribution >= 0.6 is 12.4 Å². The van der Waals surface area contributed by atoms with Crippen LogP contribution < -0.4 is 16.0 Å². The van der Waals surface area contributed by atoms with Crippen molar-refractivity contribution >= 4 is 24.2 Å². The second-order valence-corrected chi connectivity index (χ2v) is 6.35. The maximum atomic E-state index is 12.3. The van der Waals surface area contributed by atoms with Gasteiger partial charge in [-0.3, -0.25) is 9.59 Å². The van der Waals surface area contributed by atoms with Gasteiger partial charge in [-0.15, -0.1) is 12.4 Å². The molecule has 138 valence electrons. The molecule has 0 saturated carbocycles. The van der Waals surface area contributed by atoms with Gasteiger partial charge < -0.3 is 16.0 Å². The third-order valence-corrected chi connectivity index (χ3v) is 4.36. The van der Waals surface area contributed by atoms with Gasteiger partial charge in [-0.2, -0.15) is 0 Å². The lowest BCUT2D eigenvalue weighted by Crippen LogP contribution is -2.32. The van der Waals surface area contributed by atoms with Gasteiger partial charge in [0.1, 0.15) is 0 Å². The van der Waals surface area contributed by atoms with Gasteiger partial charge in [0.05, 0.1) is 12.5 Å². The average Bonchev–Trinajstić information content (AvgIpc) is 3.07. The van der Waals surface area contributed by atoms with Crippen molar-refractivity contribution in [1.82, 2.24) is 16.0 Å². The Balaban J connectivity index is 0.00000243. The Labute approximate surface area is 160 Å². The van der Waals surface area contributed by atoms with E-state index in [1.807, 2.05) is 30.3 Å². The smallest absolute Gasteiger partial charge is 0.222 e. The van der Waals surface area contributed by atoms with Crippen molar-refractivity contribution in [3.8, 4) is 0 Å². The van der Waals surface area contributed by atoms with E-state index in [1.165, 1.54) is 18.1 Å². The third kappa shape index (κ3) is 5.31. The molecule has 0 fully saturated rings. The van der Waals surface area contributed by atoms with Gasteiger partial charge in [0.2, 0.25) is 11.8 Å². The van der Waals surface area contributed by atoms with Gasteiger partial charge in [0, 0.05) is 26.6 Å². The molecule has 2 aromatic rings. The first-order chi connectivity index (χ1) is 12.1. The topological polar surface area (TPSA) is 70.2 Å². The minimum atomic E-state index is -0.317. The van der Waals surface area contributed by atoms with Crippen LogP contribution in [-0.4, -0.2) is 11.8 Å². The lowest BCUT2D eigenvalue weighted by Gasteiger charge is -2.18. The van der Waals surface area contributed by atoms with E-state index >= 15 is 0 Å². The van der Waals surface area contributed by atoms with Crippen LogP contribution in [0.25, 0.3) is 0 Å². The lowest BCUT2D eigenvalue weighted by atomic mass is 10.0. The van der Waals surface area contributed by atoms with Gasteiger partial charge >= 0.3 is 0 Å². The summed E-state index contributed by atoms with van der Waals surface area (Å²) < 4.78 is 0. The van der Waals surface area contributed by atoms with Crippen LogP contribution in [0, 0.1) is 0 Å². The number of hydrogen-bond donors (Lipinski definition) is 3. The molecule has 1 unspecified atom stereocenters. The number of rotatable bonds is 6.